The number of pyridine rings is 2. The molecule has 1 aromatic carbocycles. The molecule has 1 fully saturated rings. The van der Waals surface area contributed by atoms with Crippen LogP contribution in [0.15, 0.2) is 54.7 Å². The maximum atomic E-state index is 5.86. The van der Waals surface area contributed by atoms with Gasteiger partial charge in [-0.15, -0.1) is 5.10 Å². The van der Waals surface area contributed by atoms with Gasteiger partial charge in [0.2, 0.25) is 5.65 Å². The van der Waals surface area contributed by atoms with E-state index in [0.717, 1.165) is 36.2 Å². The van der Waals surface area contributed by atoms with Crippen molar-refractivity contribution in [3.05, 3.63) is 60.4 Å². The van der Waals surface area contributed by atoms with Crippen molar-refractivity contribution in [3.63, 3.8) is 0 Å². The Morgan fingerprint density at radius 3 is 3.00 bits per heavy atom. The number of fused-ring (bicyclic) bond motifs is 2. The van der Waals surface area contributed by atoms with E-state index in [9.17, 15) is 0 Å². The molecule has 3 aromatic heterocycles. The molecule has 1 unspecified atom stereocenters. The Kier molecular flexibility index (Phi) is 4.56. The molecular weight excluding hydrogens is 356 g/mol. The van der Waals surface area contributed by atoms with Gasteiger partial charge in [0.15, 0.2) is 0 Å². The minimum atomic E-state index is -0.0443. The molecule has 142 valence electrons. The summed E-state index contributed by atoms with van der Waals surface area (Å²) in [5, 5.41) is 9.20. The first-order valence-electron chi connectivity index (χ1n) is 9.33. The molecule has 4 heterocycles. The molecule has 0 amide bonds. The third-order valence-electron chi connectivity index (χ3n) is 4.83. The summed E-state index contributed by atoms with van der Waals surface area (Å²) in [6.45, 7) is 3.49. The molecule has 0 aliphatic carbocycles. The maximum absolute atomic E-state index is 5.86. The Hall–Kier alpha value is -3.10. The van der Waals surface area contributed by atoms with Crippen molar-refractivity contribution in [1.82, 2.24) is 30.0 Å². The summed E-state index contributed by atoms with van der Waals surface area (Å²) in [5.41, 5.74) is 3.40. The molecular formula is C20H20N6O2. The van der Waals surface area contributed by atoms with Gasteiger partial charge in [0.25, 0.3) is 0 Å². The van der Waals surface area contributed by atoms with Gasteiger partial charge >= 0.3 is 0 Å². The first-order valence-corrected chi connectivity index (χ1v) is 9.33. The van der Waals surface area contributed by atoms with Crippen molar-refractivity contribution in [2.75, 3.05) is 26.3 Å². The predicted octanol–water partition coefficient (Wildman–Crippen LogP) is 1.70. The second kappa shape index (κ2) is 7.49. The number of nitrogens with zero attached hydrogens (tertiary/aromatic N) is 6. The standard InChI is InChI=1S/C20H20N6O2/c1-2-5-18-15(4-1)7-8-16(22-18)12-25-10-11-27-17(13-25)14-28-26-20-19(23-24-26)6-3-9-21-20/h1-9,17H,10-14H2. The lowest BCUT2D eigenvalue weighted by Gasteiger charge is -2.32. The molecule has 1 saturated heterocycles. The highest BCUT2D eigenvalue weighted by Crippen LogP contribution is 2.15. The van der Waals surface area contributed by atoms with Gasteiger partial charge in [0.05, 0.1) is 17.8 Å². The zero-order chi connectivity index (χ0) is 18.8. The fourth-order valence-electron chi connectivity index (χ4n) is 3.44. The fraction of sp³-hybridized carbons (Fsp3) is 0.300. The van der Waals surface area contributed by atoms with Crippen LogP contribution >= 0.6 is 0 Å². The second-order valence-electron chi connectivity index (χ2n) is 6.83. The van der Waals surface area contributed by atoms with E-state index in [0.29, 0.717) is 24.4 Å². The number of ether oxygens (including phenoxy) is 1. The maximum Gasteiger partial charge on any atom is 0.219 e. The van der Waals surface area contributed by atoms with Crippen LogP contribution in [-0.4, -0.2) is 62.4 Å². The summed E-state index contributed by atoms with van der Waals surface area (Å²) in [6, 6.07) is 16.1. The molecule has 0 radical (unpaired) electrons. The van der Waals surface area contributed by atoms with E-state index in [4.69, 9.17) is 14.6 Å². The number of aromatic nitrogens is 5. The van der Waals surface area contributed by atoms with E-state index < -0.39 is 0 Å². The third-order valence-corrected chi connectivity index (χ3v) is 4.83. The normalized spacial score (nSPS) is 17.9. The molecule has 1 aliphatic rings. The number of rotatable bonds is 5. The van der Waals surface area contributed by atoms with Gasteiger partial charge in [-0.05, 0) is 29.5 Å². The summed E-state index contributed by atoms with van der Waals surface area (Å²) in [5.74, 6) is 0. The van der Waals surface area contributed by atoms with Gasteiger partial charge in [-0.1, -0.05) is 29.1 Å². The van der Waals surface area contributed by atoms with Gasteiger partial charge in [-0.3, -0.25) is 9.88 Å². The van der Waals surface area contributed by atoms with Crippen molar-refractivity contribution in [2.45, 2.75) is 12.6 Å². The van der Waals surface area contributed by atoms with Gasteiger partial charge < -0.3 is 9.57 Å². The van der Waals surface area contributed by atoms with E-state index in [2.05, 4.69) is 38.4 Å². The van der Waals surface area contributed by atoms with Crippen LogP contribution in [0.3, 0.4) is 0 Å². The number of morpholine rings is 1. The second-order valence-corrected chi connectivity index (χ2v) is 6.83. The zero-order valence-corrected chi connectivity index (χ0v) is 15.3. The van der Waals surface area contributed by atoms with E-state index in [-0.39, 0.29) is 6.10 Å². The Labute approximate surface area is 161 Å². The SMILES string of the molecule is c1ccc2nc(CN3CCOC(COn4nnc5cccnc54)C3)ccc2c1. The van der Waals surface area contributed by atoms with Crippen LogP contribution in [0, 0.1) is 0 Å². The predicted molar refractivity (Wildman–Crippen MR) is 104 cm³/mol. The molecule has 0 bridgehead atoms. The Morgan fingerprint density at radius 1 is 1.07 bits per heavy atom. The van der Waals surface area contributed by atoms with Crippen LogP contribution in [0.4, 0.5) is 0 Å². The topological polar surface area (TPSA) is 78.2 Å². The molecule has 5 rings (SSSR count). The van der Waals surface area contributed by atoms with Crippen LogP contribution in [-0.2, 0) is 11.3 Å². The highest BCUT2D eigenvalue weighted by atomic mass is 16.7. The summed E-state index contributed by atoms with van der Waals surface area (Å²) < 4.78 is 5.86. The van der Waals surface area contributed by atoms with E-state index in [1.54, 1.807) is 6.20 Å². The lowest BCUT2D eigenvalue weighted by Crippen LogP contribution is -2.45. The van der Waals surface area contributed by atoms with Gasteiger partial charge in [-0.25, -0.2) is 4.98 Å². The Morgan fingerprint density at radius 2 is 2.00 bits per heavy atom. The summed E-state index contributed by atoms with van der Waals surface area (Å²) >= 11 is 0. The molecule has 1 aliphatic heterocycles. The van der Waals surface area contributed by atoms with Gasteiger partial charge in [0.1, 0.15) is 18.2 Å². The molecule has 4 aromatic rings. The highest BCUT2D eigenvalue weighted by Gasteiger charge is 2.22. The molecule has 1 atom stereocenters. The zero-order valence-electron chi connectivity index (χ0n) is 15.3. The van der Waals surface area contributed by atoms with Crippen LogP contribution in [0.2, 0.25) is 0 Å². The quantitative estimate of drug-likeness (QED) is 0.525. The minimum absolute atomic E-state index is 0.0443. The van der Waals surface area contributed by atoms with Crippen LogP contribution in [0.5, 0.6) is 0 Å². The summed E-state index contributed by atoms with van der Waals surface area (Å²) in [4.78, 5) is 18.5. The molecule has 0 N–H and O–H groups in total. The van der Waals surface area contributed by atoms with Crippen molar-refractivity contribution in [1.29, 1.82) is 0 Å². The lowest BCUT2D eigenvalue weighted by atomic mass is 10.2. The average Bonchev–Trinajstić information content (AvgIpc) is 3.16. The number of benzene rings is 1. The monoisotopic (exact) mass is 376 g/mol. The largest absolute Gasteiger partial charge is 0.391 e. The van der Waals surface area contributed by atoms with E-state index >= 15 is 0 Å². The molecule has 8 heteroatoms. The van der Waals surface area contributed by atoms with Crippen molar-refractivity contribution >= 4 is 22.1 Å². The number of hydrogen-bond donors (Lipinski definition) is 0. The summed E-state index contributed by atoms with van der Waals surface area (Å²) in [6.07, 6.45) is 1.65. The van der Waals surface area contributed by atoms with Crippen LogP contribution < -0.4 is 4.84 Å². The van der Waals surface area contributed by atoms with Gasteiger partial charge in [-0.2, -0.15) is 0 Å². The smallest absolute Gasteiger partial charge is 0.219 e. The van der Waals surface area contributed by atoms with Crippen molar-refractivity contribution < 1.29 is 9.57 Å². The van der Waals surface area contributed by atoms with E-state index in [1.165, 1.54) is 4.85 Å². The van der Waals surface area contributed by atoms with E-state index in [1.807, 2.05) is 30.3 Å². The molecule has 0 spiro atoms. The van der Waals surface area contributed by atoms with Crippen molar-refractivity contribution in [2.24, 2.45) is 0 Å². The van der Waals surface area contributed by atoms with Crippen LogP contribution in [0.1, 0.15) is 5.69 Å². The highest BCUT2D eigenvalue weighted by molar-refractivity contribution is 5.78. The van der Waals surface area contributed by atoms with Gasteiger partial charge in [0, 0.05) is 31.2 Å². The molecule has 0 saturated carbocycles. The first kappa shape index (κ1) is 17.0. The molecule has 8 nitrogen and oxygen atoms in total. The number of para-hydroxylation sites is 1. The first-order chi connectivity index (χ1) is 13.8. The summed E-state index contributed by atoms with van der Waals surface area (Å²) in [7, 11) is 0. The Balaban J connectivity index is 1.22. The number of hydrogen-bond acceptors (Lipinski definition) is 7. The minimum Gasteiger partial charge on any atom is -0.391 e. The average molecular weight is 376 g/mol. The fourth-order valence-corrected chi connectivity index (χ4v) is 3.44. The molecule has 28 heavy (non-hydrogen) atoms. The Bertz CT molecular complexity index is 1100. The lowest BCUT2D eigenvalue weighted by molar-refractivity contribution is -0.0772. The van der Waals surface area contributed by atoms with Crippen molar-refractivity contribution in [3.8, 4) is 0 Å². The third kappa shape index (κ3) is 3.51. The van der Waals surface area contributed by atoms with Crippen LogP contribution in [0.25, 0.3) is 22.1 Å².